The minimum Gasteiger partial charge on any atom is -0.265 e. The lowest BCUT2D eigenvalue weighted by Crippen LogP contribution is -2.24. The van der Waals surface area contributed by atoms with Gasteiger partial charge in [-0.05, 0) is 24.3 Å². The Labute approximate surface area is 144 Å². The first-order valence-electron chi connectivity index (χ1n) is 7.02. The van der Waals surface area contributed by atoms with Gasteiger partial charge in [0.05, 0.1) is 23.0 Å². The molecule has 0 radical (unpaired) electrons. The molecule has 0 unspecified atom stereocenters. The standard InChI is InChI=1S/C16H13ClN4O2S/c17-13-3-1-2-4-15(13)24(22,23)21-11-14-16(20-10-9-19-14)12-5-7-18-8-6-12/h1-10,21H,11H2. The summed E-state index contributed by atoms with van der Waals surface area (Å²) in [6.07, 6.45) is 6.36. The van der Waals surface area contributed by atoms with Crippen molar-refractivity contribution in [2.45, 2.75) is 11.4 Å². The van der Waals surface area contributed by atoms with E-state index in [9.17, 15) is 8.42 Å². The Bertz CT molecular complexity index is 949. The molecule has 0 atom stereocenters. The molecule has 3 rings (SSSR count). The molecule has 24 heavy (non-hydrogen) atoms. The van der Waals surface area contributed by atoms with Gasteiger partial charge in [0.25, 0.3) is 0 Å². The van der Waals surface area contributed by atoms with Crippen molar-refractivity contribution < 1.29 is 8.42 Å². The third-order valence-corrected chi connectivity index (χ3v) is 5.18. The molecule has 2 aromatic heterocycles. The van der Waals surface area contributed by atoms with E-state index >= 15 is 0 Å². The average Bonchev–Trinajstić information content (AvgIpc) is 2.61. The predicted octanol–water partition coefficient (Wildman–Crippen LogP) is 2.67. The lowest BCUT2D eigenvalue weighted by Gasteiger charge is -2.10. The number of benzene rings is 1. The number of pyridine rings is 1. The second kappa shape index (κ2) is 7.04. The van der Waals surface area contributed by atoms with Crippen LogP contribution in [0.4, 0.5) is 0 Å². The van der Waals surface area contributed by atoms with Crippen molar-refractivity contribution in [1.29, 1.82) is 0 Å². The molecule has 3 aromatic rings. The second-order valence-corrected chi connectivity index (χ2v) is 6.99. The van der Waals surface area contributed by atoms with E-state index in [0.717, 1.165) is 5.56 Å². The van der Waals surface area contributed by atoms with Crippen molar-refractivity contribution >= 4 is 21.6 Å². The van der Waals surface area contributed by atoms with Gasteiger partial charge in [-0.1, -0.05) is 23.7 Å². The molecule has 0 fully saturated rings. The normalized spacial score (nSPS) is 11.4. The van der Waals surface area contributed by atoms with Crippen LogP contribution in [-0.4, -0.2) is 23.4 Å². The Morgan fingerprint density at radius 1 is 0.958 bits per heavy atom. The summed E-state index contributed by atoms with van der Waals surface area (Å²) in [7, 11) is -3.75. The summed E-state index contributed by atoms with van der Waals surface area (Å²) in [6.45, 7) is -0.000940. The highest BCUT2D eigenvalue weighted by atomic mass is 35.5. The van der Waals surface area contributed by atoms with E-state index in [0.29, 0.717) is 11.4 Å². The first-order valence-corrected chi connectivity index (χ1v) is 8.88. The predicted molar refractivity (Wildman–Crippen MR) is 90.7 cm³/mol. The van der Waals surface area contributed by atoms with Gasteiger partial charge in [-0.3, -0.25) is 15.0 Å². The van der Waals surface area contributed by atoms with E-state index in [2.05, 4.69) is 19.7 Å². The first-order chi connectivity index (χ1) is 11.6. The third kappa shape index (κ3) is 3.59. The monoisotopic (exact) mass is 360 g/mol. The lowest BCUT2D eigenvalue weighted by molar-refractivity contribution is 0.580. The zero-order valence-electron chi connectivity index (χ0n) is 12.4. The fraction of sp³-hybridized carbons (Fsp3) is 0.0625. The molecule has 1 aromatic carbocycles. The van der Waals surface area contributed by atoms with Crippen molar-refractivity contribution in [2.75, 3.05) is 0 Å². The van der Waals surface area contributed by atoms with Gasteiger partial charge in [0.2, 0.25) is 10.0 Å². The van der Waals surface area contributed by atoms with Crippen LogP contribution in [0.25, 0.3) is 11.3 Å². The molecular weight excluding hydrogens is 348 g/mol. The number of hydrogen-bond acceptors (Lipinski definition) is 5. The van der Waals surface area contributed by atoms with Crippen LogP contribution in [-0.2, 0) is 16.6 Å². The molecule has 6 nitrogen and oxygen atoms in total. The maximum absolute atomic E-state index is 12.4. The van der Waals surface area contributed by atoms with Crippen molar-refractivity contribution in [2.24, 2.45) is 0 Å². The van der Waals surface area contributed by atoms with Crippen LogP contribution in [0, 0.1) is 0 Å². The number of nitrogens with one attached hydrogen (secondary N) is 1. The molecule has 0 aliphatic rings. The van der Waals surface area contributed by atoms with Gasteiger partial charge >= 0.3 is 0 Å². The van der Waals surface area contributed by atoms with Crippen molar-refractivity contribution in [3.05, 3.63) is 71.9 Å². The summed E-state index contributed by atoms with van der Waals surface area (Å²) < 4.78 is 27.4. The minimum atomic E-state index is -3.75. The minimum absolute atomic E-state index is 0.000940. The fourth-order valence-corrected chi connectivity index (χ4v) is 3.66. The summed E-state index contributed by atoms with van der Waals surface area (Å²) in [6, 6.07) is 9.84. The van der Waals surface area contributed by atoms with Crippen LogP contribution >= 0.6 is 11.6 Å². The number of halogens is 1. The van der Waals surface area contributed by atoms with Gasteiger partial charge in [-0.25, -0.2) is 13.1 Å². The zero-order chi connectivity index (χ0) is 17.0. The number of sulfonamides is 1. The summed E-state index contributed by atoms with van der Waals surface area (Å²) in [4.78, 5) is 12.5. The molecule has 2 heterocycles. The number of hydrogen-bond donors (Lipinski definition) is 1. The largest absolute Gasteiger partial charge is 0.265 e. The Morgan fingerprint density at radius 2 is 1.67 bits per heavy atom. The van der Waals surface area contributed by atoms with Gasteiger partial charge in [0, 0.05) is 30.4 Å². The first kappa shape index (κ1) is 16.5. The zero-order valence-corrected chi connectivity index (χ0v) is 14.0. The lowest BCUT2D eigenvalue weighted by atomic mass is 10.1. The summed E-state index contributed by atoms with van der Waals surface area (Å²) >= 11 is 5.96. The van der Waals surface area contributed by atoms with E-state index in [1.54, 1.807) is 42.9 Å². The van der Waals surface area contributed by atoms with E-state index < -0.39 is 10.0 Å². The van der Waals surface area contributed by atoms with E-state index in [1.807, 2.05) is 0 Å². The Hall–Kier alpha value is -2.35. The van der Waals surface area contributed by atoms with Crippen molar-refractivity contribution in [3.63, 3.8) is 0 Å². The maximum atomic E-state index is 12.4. The molecule has 0 aliphatic heterocycles. The molecule has 0 amide bonds. The Kier molecular flexibility index (Phi) is 4.84. The number of nitrogens with zero attached hydrogens (tertiary/aromatic N) is 3. The number of rotatable bonds is 5. The third-order valence-electron chi connectivity index (χ3n) is 3.28. The van der Waals surface area contributed by atoms with Gasteiger partial charge in [0.1, 0.15) is 4.90 Å². The smallest absolute Gasteiger partial charge is 0.242 e. The van der Waals surface area contributed by atoms with Crippen molar-refractivity contribution in [3.8, 4) is 11.3 Å². The highest BCUT2D eigenvalue weighted by Crippen LogP contribution is 2.22. The SMILES string of the molecule is O=S(=O)(NCc1nccnc1-c1ccncc1)c1ccccc1Cl. The van der Waals surface area contributed by atoms with E-state index in [4.69, 9.17) is 11.6 Å². The topological polar surface area (TPSA) is 84.8 Å². The molecule has 8 heteroatoms. The summed E-state index contributed by atoms with van der Waals surface area (Å²) in [5, 5.41) is 0.165. The molecule has 0 saturated carbocycles. The summed E-state index contributed by atoms with van der Waals surface area (Å²) in [5.74, 6) is 0. The average molecular weight is 361 g/mol. The number of aromatic nitrogens is 3. The Morgan fingerprint density at radius 3 is 2.42 bits per heavy atom. The fourth-order valence-electron chi connectivity index (χ4n) is 2.15. The van der Waals surface area contributed by atoms with Gasteiger partial charge < -0.3 is 0 Å². The maximum Gasteiger partial charge on any atom is 0.242 e. The molecule has 0 saturated heterocycles. The molecule has 122 valence electrons. The van der Waals surface area contributed by atoms with E-state index in [-0.39, 0.29) is 16.5 Å². The van der Waals surface area contributed by atoms with Crippen LogP contribution in [0.2, 0.25) is 5.02 Å². The second-order valence-electron chi connectivity index (χ2n) is 4.84. The quantitative estimate of drug-likeness (QED) is 0.756. The van der Waals surface area contributed by atoms with Crippen LogP contribution in [0.3, 0.4) is 0 Å². The molecule has 0 bridgehead atoms. The highest BCUT2D eigenvalue weighted by Gasteiger charge is 2.18. The van der Waals surface area contributed by atoms with Gasteiger partial charge in [-0.15, -0.1) is 0 Å². The Balaban J connectivity index is 1.87. The molecule has 0 aliphatic carbocycles. The van der Waals surface area contributed by atoms with Crippen molar-refractivity contribution in [1.82, 2.24) is 19.7 Å². The van der Waals surface area contributed by atoms with Crippen LogP contribution < -0.4 is 4.72 Å². The van der Waals surface area contributed by atoms with Gasteiger partial charge in [0.15, 0.2) is 0 Å². The molecule has 1 N–H and O–H groups in total. The van der Waals surface area contributed by atoms with Gasteiger partial charge in [-0.2, -0.15) is 0 Å². The molecule has 0 spiro atoms. The van der Waals surface area contributed by atoms with Crippen LogP contribution in [0.1, 0.15) is 5.69 Å². The highest BCUT2D eigenvalue weighted by molar-refractivity contribution is 7.89. The molecular formula is C16H13ClN4O2S. The van der Waals surface area contributed by atoms with E-state index in [1.165, 1.54) is 18.3 Å². The summed E-state index contributed by atoms with van der Waals surface area (Å²) in [5.41, 5.74) is 1.92. The van der Waals surface area contributed by atoms with Crippen LogP contribution in [0.5, 0.6) is 0 Å². The van der Waals surface area contributed by atoms with Crippen LogP contribution in [0.15, 0.2) is 66.1 Å².